The van der Waals surface area contributed by atoms with Crippen LogP contribution in [0, 0.1) is 0 Å². The van der Waals surface area contributed by atoms with Gasteiger partial charge in [-0.1, -0.05) is 31.9 Å². The summed E-state index contributed by atoms with van der Waals surface area (Å²) in [6.07, 6.45) is -4.37. The van der Waals surface area contributed by atoms with Crippen LogP contribution in [0.25, 0.3) is 0 Å². The maximum absolute atomic E-state index is 12.5. The highest BCUT2D eigenvalue weighted by molar-refractivity contribution is 9.10. The number of halogens is 5. The number of rotatable bonds is 1. The Morgan fingerprint density at radius 2 is 1.86 bits per heavy atom. The largest absolute Gasteiger partial charge is 0.417 e. The molecule has 1 nitrogen and oxygen atoms in total. The van der Waals surface area contributed by atoms with Crippen molar-refractivity contribution in [3.8, 4) is 0 Å². The third-order valence-electron chi connectivity index (χ3n) is 1.62. The van der Waals surface area contributed by atoms with Gasteiger partial charge in [0.2, 0.25) is 0 Å². The van der Waals surface area contributed by atoms with Crippen LogP contribution in [0.2, 0.25) is 0 Å². The molecule has 6 heteroatoms. The quantitative estimate of drug-likeness (QED) is 0.611. The van der Waals surface area contributed by atoms with Gasteiger partial charge in [-0.2, -0.15) is 13.2 Å². The van der Waals surface area contributed by atoms with Crippen LogP contribution in [-0.4, -0.2) is 0 Å². The third-order valence-corrected chi connectivity index (χ3v) is 2.85. The number of nitrogen functional groups attached to an aromatic ring is 1. The standard InChI is InChI=1S/C8H6Br2F3N/c9-3-4-1-5(14)2-6(10)7(4)8(11,12)13/h1-2H,3,14H2. The Morgan fingerprint density at radius 3 is 2.29 bits per heavy atom. The molecule has 1 aromatic carbocycles. The molecule has 0 aromatic heterocycles. The average molecular weight is 333 g/mol. The molecule has 1 aromatic rings. The van der Waals surface area contributed by atoms with Gasteiger partial charge in [0, 0.05) is 15.5 Å². The van der Waals surface area contributed by atoms with Gasteiger partial charge in [0.05, 0.1) is 5.56 Å². The number of alkyl halides is 4. The van der Waals surface area contributed by atoms with Gasteiger partial charge in [0.25, 0.3) is 0 Å². The molecule has 0 amide bonds. The molecule has 0 atom stereocenters. The number of anilines is 1. The first-order valence-electron chi connectivity index (χ1n) is 3.57. The second kappa shape index (κ2) is 4.10. The van der Waals surface area contributed by atoms with Crippen molar-refractivity contribution < 1.29 is 13.2 Å². The minimum absolute atomic E-state index is 0.0283. The zero-order valence-corrected chi connectivity index (χ0v) is 10.0. The van der Waals surface area contributed by atoms with Gasteiger partial charge in [-0.3, -0.25) is 0 Å². The highest BCUT2D eigenvalue weighted by Crippen LogP contribution is 2.39. The second-order valence-corrected chi connectivity index (χ2v) is 4.08. The van der Waals surface area contributed by atoms with Crippen molar-refractivity contribution in [1.82, 2.24) is 0 Å². The zero-order valence-electron chi connectivity index (χ0n) is 6.83. The van der Waals surface area contributed by atoms with E-state index >= 15 is 0 Å². The van der Waals surface area contributed by atoms with E-state index < -0.39 is 11.7 Å². The highest BCUT2D eigenvalue weighted by atomic mass is 79.9. The molecule has 1 rings (SSSR count). The molecule has 0 unspecified atom stereocenters. The fraction of sp³-hybridized carbons (Fsp3) is 0.250. The van der Waals surface area contributed by atoms with Crippen LogP contribution in [0.5, 0.6) is 0 Å². The Labute approximate surface area is 95.7 Å². The van der Waals surface area contributed by atoms with Crippen LogP contribution >= 0.6 is 31.9 Å². The van der Waals surface area contributed by atoms with Crippen LogP contribution in [0.4, 0.5) is 18.9 Å². The van der Waals surface area contributed by atoms with Crippen LogP contribution in [-0.2, 0) is 11.5 Å². The maximum Gasteiger partial charge on any atom is 0.417 e. The molecule has 0 saturated carbocycles. The van der Waals surface area contributed by atoms with Gasteiger partial charge < -0.3 is 5.73 Å². The Morgan fingerprint density at radius 1 is 1.29 bits per heavy atom. The SMILES string of the molecule is Nc1cc(Br)c(C(F)(F)F)c(CBr)c1. The van der Waals surface area contributed by atoms with Crippen molar-refractivity contribution >= 4 is 37.5 Å². The Bertz CT molecular complexity index is 349. The second-order valence-electron chi connectivity index (χ2n) is 2.67. The third kappa shape index (κ3) is 2.42. The van der Waals surface area contributed by atoms with E-state index in [-0.39, 0.29) is 15.4 Å². The fourth-order valence-electron chi connectivity index (χ4n) is 1.11. The van der Waals surface area contributed by atoms with Gasteiger partial charge in [0.15, 0.2) is 0 Å². The maximum atomic E-state index is 12.5. The lowest BCUT2D eigenvalue weighted by Gasteiger charge is -2.14. The average Bonchev–Trinajstić information content (AvgIpc) is 1.99. The molecular weight excluding hydrogens is 327 g/mol. The monoisotopic (exact) mass is 331 g/mol. The van der Waals surface area contributed by atoms with Crippen molar-refractivity contribution in [2.75, 3.05) is 5.73 Å². The van der Waals surface area contributed by atoms with Gasteiger partial charge in [0.1, 0.15) is 0 Å². The van der Waals surface area contributed by atoms with Crippen LogP contribution < -0.4 is 5.73 Å². The van der Waals surface area contributed by atoms with Crippen LogP contribution in [0.15, 0.2) is 16.6 Å². The molecule has 0 bridgehead atoms. The lowest BCUT2D eigenvalue weighted by Crippen LogP contribution is -2.10. The number of hydrogen-bond donors (Lipinski definition) is 1. The molecule has 0 spiro atoms. The summed E-state index contributed by atoms with van der Waals surface area (Å²) in [4.78, 5) is 0. The summed E-state index contributed by atoms with van der Waals surface area (Å²) in [5.41, 5.74) is 5.19. The Hall–Kier alpha value is -0.230. The van der Waals surface area contributed by atoms with Gasteiger partial charge >= 0.3 is 6.18 Å². The van der Waals surface area contributed by atoms with Gasteiger partial charge in [-0.25, -0.2) is 0 Å². The van der Waals surface area contributed by atoms with E-state index in [1.165, 1.54) is 12.1 Å². The summed E-state index contributed by atoms with van der Waals surface area (Å²) in [6.45, 7) is 0. The van der Waals surface area contributed by atoms with Gasteiger partial charge in [-0.15, -0.1) is 0 Å². The Balaban J connectivity index is 3.40. The molecular formula is C8H6Br2F3N. The topological polar surface area (TPSA) is 26.0 Å². The molecule has 0 heterocycles. The van der Waals surface area contributed by atoms with E-state index in [1.54, 1.807) is 0 Å². The zero-order chi connectivity index (χ0) is 10.9. The minimum atomic E-state index is -4.37. The van der Waals surface area contributed by atoms with E-state index in [0.717, 1.165) is 0 Å². The fourth-order valence-corrected chi connectivity index (χ4v) is 2.30. The molecule has 78 valence electrons. The van der Waals surface area contributed by atoms with Crippen molar-refractivity contribution in [1.29, 1.82) is 0 Å². The predicted octanol–water partition coefficient (Wildman–Crippen LogP) is 3.95. The highest BCUT2D eigenvalue weighted by Gasteiger charge is 2.35. The summed E-state index contributed by atoms with van der Waals surface area (Å²) in [5.74, 6) is 0. The van der Waals surface area contributed by atoms with Crippen LogP contribution in [0.3, 0.4) is 0 Å². The molecule has 14 heavy (non-hydrogen) atoms. The number of hydrogen-bond acceptors (Lipinski definition) is 1. The van der Waals surface area contributed by atoms with Crippen LogP contribution in [0.1, 0.15) is 11.1 Å². The summed E-state index contributed by atoms with van der Waals surface area (Å²) in [5, 5.41) is 0.117. The van der Waals surface area contributed by atoms with Crippen molar-refractivity contribution in [2.45, 2.75) is 11.5 Å². The first-order valence-corrected chi connectivity index (χ1v) is 5.48. The summed E-state index contributed by atoms with van der Waals surface area (Å²) in [6, 6.07) is 2.55. The molecule has 2 N–H and O–H groups in total. The van der Waals surface area contributed by atoms with Crippen molar-refractivity contribution in [2.24, 2.45) is 0 Å². The van der Waals surface area contributed by atoms with E-state index in [4.69, 9.17) is 5.73 Å². The lowest BCUT2D eigenvalue weighted by molar-refractivity contribution is -0.138. The molecule has 0 aliphatic heterocycles. The molecule has 0 saturated heterocycles. The van der Waals surface area contributed by atoms with E-state index in [0.29, 0.717) is 5.69 Å². The first kappa shape index (κ1) is 11.8. The lowest BCUT2D eigenvalue weighted by atomic mass is 10.1. The smallest absolute Gasteiger partial charge is 0.399 e. The summed E-state index contributed by atoms with van der Waals surface area (Å²) < 4.78 is 37.6. The first-order chi connectivity index (χ1) is 6.36. The predicted molar refractivity (Wildman–Crippen MR) is 56.2 cm³/mol. The van der Waals surface area contributed by atoms with E-state index in [1.807, 2.05) is 0 Å². The number of nitrogens with two attached hydrogens (primary N) is 1. The molecule has 0 aliphatic carbocycles. The normalized spacial score (nSPS) is 11.8. The minimum Gasteiger partial charge on any atom is -0.399 e. The molecule has 0 aliphatic rings. The van der Waals surface area contributed by atoms with Crippen molar-refractivity contribution in [3.05, 3.63) is 27.7 Å². The van der Waals surface area contributed by atoms with Gasteiger partial charge in [-0.05, 0) is 17.7 Å². The van der Waals surface area contributed by atoms with E-state index in [2.05, 4.69) is 31.9 Å². The number of benzene rings is 1. The molecule has 0 fully saturated rings. The summed E-state index contributed by atoms with van der Waals surface area (Å²) >= 11 is 5.85. The van der Waals surface area contributed by atoms with E-state index in [9.17, 15) is 13.2 Å². The Kier molecular flexibility index (Phi) is 3.47. The van der Waals surface area contributed by atoms with Crippen molar-refractivity contribution in [3.63, 3.8) is 0 Å². The summed E-state index contributed by atoms with van der Waals surface area (Å²) in [7, 11) is 0. The molecule has 0 radical (unpaired) electrons.